The van der Waals surface area contributed by atoms with Gasteiger partial charge in [0.25, 0.3) is 0 Å². The van der Waals surface area contributed by atoms with Crippen LogP contribution < -0.4 is 10.2 Å². The van der Waals surface area contributed by atoms with Gasteiger partial charge in [0.15, 0.2) is 0 Å². The summed E-state index contributed by atoms with van der Waals surface area (Å²) in [6.07, 6.45) is 6.63. The summed E-state index contributed by atoms with van der Waals surface area (Å²) in [4.78, 5) is 23.0. The third-order valence-electron chi connectivity index (χ3n) is 4.96. The largest absolute Gasteiger partial charge is 0.353 e. The maximum Gasteiger partial charge on any atom is 0.225 e. The Bertz CT molecular complexity index is 719. The number of hydrogen-bond donors (Lipinski definition) is 1. The lowest BCUT2D eigenvalue weighted by atomic mass is 10.0. The van der Waals surface area contributed by atoms with Crippen molar-refractivity contribution in [2.75, 3.05) is 18.0 Å². The van der Waals surface area contributed by atoms with Crippen LogP contribution in [0.4, 0.5) is 5.95 Å². The first kappa shape index (κ1) is 17.4. The molecule has 0 atom stereocenters. The third kappa shape index (κ3) is 4.15. The van der Waals surface area contributed by atoms with Gasteiger partial charge in [0, 0.05) is 50.7 Å². The van der Waals surface area contributed by atoms with E-state index in [1.54, 1.807) is 12.4 Å². The monoisotopic (exact) mass is 342 g/mol. The van der Waals surface area contributed by atoms with Crippen molar-refractivity contribution >= 4 is 11.9 Å². The Kier molecular flexibility index (Phi) is 5.31. The van der Waals surface area contributed by atoms with Crippen LogP contribution in [0.5, 0.6) is 0 Å². The molecule has 1 amide bonds. The predicted octanol–water partition coefficient (Wildman–Crippen LogP) is 1.54. The van der Waals surface area contributed by atoms with Crippen LogP contribution in [0.15, 0.2) is 18.5 Å². The molecule has 0 saturated carbocycles. The lowest BCUT2D eigenvalue weighted by Gasteiger charge is -2.32. The van der Waals surface area contributed by atoms with Crippen molar-refractivity contribution in [2.24, 2.45) is 7.05 Å². The fraction of sp³-hybridized carbons (Fsp3) is 0.556. The van der Waals surface area contributed by atoms with Crippen molar-refractivity contribution in [1.29, 1.82) is 0 Å². The minimum Gasteiger partial charge on any atom is -0.353 e. The van der Waals surface area contributed by atoms with Crippen molar-refractivity contribution < 1.29 is 4.79 Å². The van der Waals surface area contributed by atoms with Crippen LogP contribution >= 0.6 is 0 Å². The molecule has 0 aliphatic carbocycles. The van der Waals surface area contributed by atoms with Crippen LogP contribution in [0.3, 0.4) is 0 Å². The molecule has 3 rings (SSSR count). The van der Waals surface area contributed by atoms with Crippen LogP contribution in [0.1, 0.15) is 36.2 Å². The molecule has 25 heavy (non-hydrogen) atoms. The third-order valence-corrected chi connectivity index (χ3v) is 4.96. The number of carbonyl (C=O) groups excluding carboxylic acids is 1. The highest BCUT2D eigenvalue weighted by Gasteiger charge is 2.22. The fourth-order valence-corrected chi connectivity index (χ4v) is 3.40. The number of piperidine rings is 1. The summed E-state index contributed by atoms with van der Waals surface area (Å²) in [7, 11) is 1.94. The number of aryl methyl sites for hydroxylation is 2. The van der Waals surface area contributed by atoms with Gasteiger partial charge in [-0.25, -0.2) is 9.97 Å². The second-order valence-corrected chi connectivity index (χ2v) is 6.65. The van der Waals surface area contributed by atoms with E-state index in [9.17, 15) is 4.79 Å². The van der Waals surface area contributed by atoms with E-state index >= 15 is 0 Å². The lowest BCUT2D eigenvalue weighted by Crippen LogP contribution is -2.45. The molecular weight excluding hydrogens is 316 g/mol. The maximum atomic E-state index is 12.3. The molecule has 0 unspecified atom stereocenters. The minimum absolute atomic E-state index is 0.122. The highest BCUT2D eigenvalue weighted by atomic mass is 16.1. The van der Waals surface area contributed by atoms with E-state index in [1.165, 1.54) is 5.56 Å². The Morgan fingerprint density at radius 3 is 2.52 bits per heavy atom. The van der Waals surface area contributed by atoms with E-state index in [1.807, 2.05) is 24.7 Å². The van der Waals surface area contributed by atoms with E-state index in [4.69, 9.17) is 0 Å². The van der Waals surface area contributed by atoms with Crippen molar-refractivity contribution in [3.05, 3.63) is 35.4 Å². The summed E-state index contributed by atoms with van der Waals surface area (Å²) < 4.78 is 1.88. The van der Waals surface area contributed by atoms with Crippen molar-refractivity contribution in [3.63, 3.8) is 0 Å². The molecular formula is C18H26N6O. The average Bonchev–Trinajstić information content (AvgIpc) is 2.86. The number of carbonyl (C=O) groups is 1. The zero-order chi connectivity index (χ0) is 17.8. The topological polar surface area (TPSA) is 75.9 Å². The van der Waals surface area contributed by atoms with Crippen LogP contribution in [-0.4, -0.2) is 44.8 Å². The molecule has 7 nitrogen and oxygen atoms in total. The van der Waals surface area contributed by atoms with Gasteiger partial charge >= 0.3 is 0 Å². The van der Waals surface area contributed by atoms with E-state index < -0.39 is 0 Å². The van der Waals surface area contributed by atoms with Gasteiger partial charge in [-0.2, -0.15) is 5.10 Å². The summed E-state index contributed by atoms with van der Waals surface area (Å²) in [6, 6.07) is 2.06. The molecule has 0 radical (unpaired) electrons. The molecule has 1 saturated heterocycles. The van der Waals surface area contributed by atoms with Crippen LogP contribution in [0.2, 0.25) is 0 Å². The number of anilines is 1. The molecule has 0 bridgehead atoms. The maximum absolute atomic E-state index is 12.3. The smallest absolute Gasteiger partial charge is 0.225 e. The van der Waals surface area contributed by atoms with E-state index in [0.717, 1.165) is 49.7 Å². The van der Waals surface area contributed by atoms with E-state index in [-0.39, 0.29) is 11.9 Å². The van der Waals surface area contributed by atoms with E-state index in [0.29, 0.717) is 6.42 Å². The summed E-state index contributed by atoms with van der Waals surface area (Å²) in [5, 5.41) is 7.58. The molecule has 0 spiro atoms. The Labute approximate surface area is 148 Å². The van der Waals surface area contributed by atoms with Gasteiger partial charge in [-0.3, -0.25) is 9.48 Å². The Hall–Kier alpha value is -2.44. The Morgan fingerprint density at radius 1 is 1.24 bits per heavy atom. The van der Waals surface area contributed by atoms with Crippen LogP contribution in [-0.2, 0) is 18.3 Å². The quantitative estimate of drug-likeness (QED) is 0.892. The highest BCUT2D eigenvalue weighted by molar-refractivity contribution is 5.76. The normalized spacial score (nSPS) is 15.4. The molecule has 2 aromatic heterocycles. The average molecular weight is 342 g/mol. The van der Waals surface area contributed by atoms with Gasteiger partial charge < -0.3 is 10.2 Å². The summed E-state index contributed by atoms with van der Waals surface area (Å²) in [5.74, 6) is 0.895. The van der Waals surface area contributed by atoms with Crippen molar-refractivity contribution in [2.45, 2.75) is 45.6 Å². The van der Waals surface area contributed by atoms with Gasteiger partial charge in [-0.15, -0.1) is 0 Å². The Morgan fingerprint density at radius 2 is 1.92 bits per heavy atom. The number of nitrogens with one attached hydrogen (secondary N) is 1. The first-order valence-electron chi connectivity index (χ1n) is 8.85. The van der Waals surface area contributed by atoms with Crippen molar-refractivity contribution in [1.82, 2.24) is 25.1 Å². The van der Waals surface area contributed by atoms with Crippen LogP contribution in [0.25, 0.3) is 0 Å². The van der Waals surface area contributed by atoms with Gasteiger partial charge in [0.2, 0.25) is 11.9 Å². The number of amides is 1. The van der Waals surface area contributed by atoms with Crippen LogP contribution in [0, 0.1) is 13.8 Å². The fourth-order valence-electron chi connectivity index (χ4n) is 3.40. The zero-order valence-electron chi connectivity index (χ0n) is 15.2. The number of rotatable bonds is 5. The molecule has 2 aromatic rings. The molecule has 0 aromatic carbocycles. The van der Waals surface area contributed by atoms with Crippen molar-refractivity contribution in [3.8, 4) is 0 Å². The molecule has 1 fully saturated rings. The number of hydrogen-bond acceptors (Lipinski definition) is 5. The Balaban J connectivity index is 1.45. The second-order valence-electron chi connectivity index (χ2n) is 6.65. The predicted molar refractivity (Wildman–Crippen MR) is 96.4 cm³/mol. The second kappa shape index (κ2) is 7.63. The molecule has 3 heterocycles. The molecule has 7 heteroatoms. The standard InChI is InChI=1S/C18H26N6O/c1-13-16(14(2)23(3)22-13)5-6-17(25)21-15-7-11-24(12-8-15)18-19-9-4-10-20-18/h4,9-10,15H,5-8,11-12H2,1-3H3,(H,21,25). The summed E-state index contributed by atoms with van der Waals surface area (Å²) >= 11 is 0. The summed E-state index contributed by atoms with van der Waals surface area (Å²) in [5.41, 5.74) is 3.35. The molecule has 1 aliphatic rings. The van der Waals surface area contributed by atoms with Gasteiger partial charge in [0.1, 0.15) is 0 Å². The minimum atomic E-state index is 0.122. The first-order valence-corrected chi connectivity index (χ1v) is 8.85. The molecule has 1 N–H and O–H groups in total. The van der Waals surface area contributed by atoms with Gasteiger partial charge in [-0.1, -0.05) is 0 Å². The van der Waals surface area contributed by atoms with Gasteiger partial charge in [0.05, 0.1) is 5.69 Å². The first-order chi connectivity index (χ1) is 12.0. The number of aromatic nitrogens is 4. The number of nitrogens with zero attached hydrogens (tertiary/aromatic N) is 5. The summed E-state index contributed by atoms with van der Waals surface area (Å²) in [6.45, 7) is 5.79. The molecule has 134 valence electrons. The van der Waals surface area contributed by atoms with Gasteiger partial charge in [-0.05, 0) is 44.7 Å². The SMILES string of the molecule is Cc1nn(C)c(C)c1CCC(=O)NC1CCN(c2ncccn2)CC1. The molecule has 1 aliphatic heterocycles. The lowest BCUT2D eigenvalue weighted by molar-refractivity contribution is -0.121. The zero-order valence-corrected chi connectivity index (χ0v) is 15.2. The van der Waals surface area contributed by atoms with E-state index in [2.05, 4.69) is 32.2 Å². The highest BCUT2D eigenvalue weighted by Crippen LogP contribution is 2.17.